The van der Waals surface area contributed by atoms with Crippen LogP contribution in [0.4, 0.5) is 0 Å². The number of rotatable bonds is 7. The third kappa shape index (κ3) is 4.99. The first-order valence-electron chi connectivity index (χ1n) is 6.11. The Labute approximate surface area is 111 Å². The van der Waals surface area contributed by atoms with Gasteiger partial charge in [0.25, 0.3) is 0 Å². The molecule has 0 heterocycles. The van der Waals surface area contributed by atoms with Crippen LogP contribution in [0.2, 0.25) is 0 Å². The predicted molar refractivity (Wildman–Crippen MR) is 70.3 cm³/mol. The number of aryl methyl sites for hydroxylation is 1. The zero-order valence-corrected chi connectivity index (χ0v) is 10.8. The summed E-state index contributed by atoms with van der Waals surface area (Å²) in [4.78, 5) is 14.1. The molecule has 0 aliphatic carbocycles. The van der Waals surface area contributed by atoms with E-state index in [1.165, 1.54) is 0 Å². The molecule has 0 spiro atoms. The van der Waals surface area contributed by atoms with E-state index in [9.17, 15) is 9.90 Å². The van der Waals surface area contributed by atoms with Crippen molar-refractivity contribution >= 4 is 5.97 Å². The number of aliphatic hydroxyl groups excluding tert-OH is 1. The van der Waals surface area contributed by atoms with Gasteiger partial charge < -0.3 is 9.84 Å². The zero-order chi connectivity index (χ0) is 14.1. The summed E-state index contributed by atoms with van der Waals surface area (Å²) >= 11 is 0. The third-order valence-corrected chi connectivity index (χ3v) is 2.64. The average Bonchev–Trinajstić information content (AvgIpc) is 2.43. The maximum atomic E-state index is 11.5. The van der Waals surface area contributed by atoms with E-state index in [1.807, 2.05) is 30.3 Å². The zero-order valence-electron chi connectivity index (χ0n) is 10.8. The lowest BCUT2D eigenvalue weighted by atomic mass is 10.0. The predicted octanol–water partition coefficient (Wildman–Crippen LogP) is 2.22. The summed E-state index contributed by atoms with van der Waals surface area (Å²) in [5, 5.41) is 13.2. The van der Waals surface area contributed by atoms with Gasteiger partial charge >= 0.3 is 5.97 Å². The molecule has 1 rings (SSSR count). The summed E-state index contributed by atoms with van der Waals surface area (Å²) in [6.07, 6.45) is -0.124. The summed E-state index contributed by atoms with van der Waals surface area (Å²) in [5.41, 5.74) is 9.47. The van der Waals surface area contributed by atoms with Crippen LogP contribution in [0, 0.1) is 0 Å². The van der Waals surface area contributed by atoms with Gasteiger partial charge in [-0.05, 0) is 30.9 Å². The van der Waals surface area contributed by atoms with Crippen molar-refractivity contribution in [2.75, 3.05) is 6.61 Å². The molecule has 0 saturated heterocycles. The highest BCUT2D eigenvalue weighted by atomic mass is 16.5. The molecule has 0 aliphatic rings. The van der Waals surface area contributed by atoms with E-state index in [1.54, 1.807) is 6.92 Å². The number of hydrogen-bond donors (Lipinski definition) is 1. The summed E-state index contributed by atoms with van der Waals surface area (Å²) in [5.74, 6) is -0.694. The highest BCUT2D eigenvalue weighted by Crippen LogP contribution is 2.11. The molecule has 0 radical (unpaired) electrons. The molecular formula is C13H17N3O3. The summed E-state index contributed by atoms with van der Waals surface area (Å²) in [6.45, 7) is 1.84. The number of nitrogens with zero attached hydrogens (tertiary/aromatic N) is 3. The van der Waals surface area contributed by atoms with Gasteiger partial charge in [0.05, 0.1) is 12.7 Å². The van der Waals surface area contributed by atoms with E-state index >= 15 is 0 Å². The van der Waals surface area contributed by atoms with Gasteiger partial charge in [-0.3, -0.25) is 4.79 Å². The lowest BCUT2D eigenvalue weighted by Crippen LogP contribution is -2.34. The molecule has 0 bridgehead atoms. The Morgan fingerprint density at radius 3 is 2.74 bits per heavy atom. The van der Waals surface area contributed by atoms with Gasteiger partial charge in [0, 0.05) is 4.91 Å². The first-order chi connectivity index (χ1) is 9.19. The second-order valence-electron chi connectivity index (χ2n) is 3.99. The van der Waals surface area contributed by atoms with Crippen LogP contribution in [0.5, 0.6) is 0 Å². The quantitative estimate of drug-likeness (QED) is 0.353. The van der Waals surface area contributed by atoms with E-state index in [0.717, 1.165) is 5.56 Å². The van der Waals surface area contributed by atoms with Crippen molar-refractivity contribution < 1.29 is 14.6 Å². The molecule has 1 aromatic carbocycles. The Hall–Kier alpha value is -2.04. The van der Waals surface area contributed by atoms with Gasteiger partial charge in [-0.25, -0.2) is 0 Å². The van der Waals surface area contributed by atoms with Crippen molar-refractivity contribution in [1.82, 2.24) is 0 Å². The SMILES string of the molecule is CCOC(=O)[C@H](N=[N+]=[N-])[C@@H](O)CCc1ccccc1. The van der Waals surface area contributed by atoms with E-state index in [2.05, 4.69) is 10.0 Å². The number of ether oxygens (including phenoxy) is 1. The minimum atomic E-state index is -1.19. The van der Waals surface area contributed by atoms with Crippen LogP contribution in [0.3, 0.4) is 0 Å². The molecule has 0 saturated carbocycles. The normalized spacial score (nSPS) is 13.2. The molecule has 0 fully saturated rings. The Balaban J connectivity index is 2.59. The molecule has 1 aromatic rings. The van der Waals surface area contributed by atoms with Gasteiger partial charge in [0.2, 0.25) is 0 Å². The minimum absolute atomic E-state index is 0.182. The molecule has 0 aromatic heterocycles. The standard InChI is InChI=1S/C13H17N3O3/c1-2-19-13(18)12(15-16-14)11(17)9-8-10-6-4-3-5-7-10/h3-7,11-12,17H,2,8-9H2,1H3/t11-,12+/m0/s1. The molecule has 2 atom stereocenters. The largest absolute Gasteiger partial charge is 0.466 e. The lowest BCUT2D eigenvalue weighted by molar-refractivity contribution is -0.147. The first kappa shape index (κ1) is 15.0. The fraction of sp³-hybridized carbons (Fsp3) is 0.462. The maximum absolute atomic E-state index is 11.5. The van der Waals surface area contributed by atoms with Crippen LogP contribution in [0.15, 0.2) is 35.4 Å². The number of carbonyl (C=O) groups excluding carboxylic acids is 1. The minimum Gasteiger partial charge on any atom is -0.466 e. The van der Waals surface area contributed by atoms with Crippen LogP contribution in [-0.2, 0) is 16.0 Å². The van der Waals surface area contributed by atoms with Crippen molar-refractivity contribution in [3.8, 4) is 0 Å². The van der Waals surface area contributed by atoms with Crippen molar-refractivity contribution in [3.05, 3.63) is 46.3 Å². The Kier molecular flexibility index (Phi) is 6.43. The summed E-state index contributed by atoms with van der Waals surface area (Å²) < 4.78 is 4.77. The highest BCUT2D eigenvalue weighted by molar-refractivity contribution is 5.76. The van der Waals surface area contributed by atoms with Gasteiger partial charge in [0.15, 0.2) is 6.04 Å². The number of aliphatic hydroxyl groups is 1. The van der Waals surface area contributed by atoms with Crippen molar-refractivity contribution in [2.45, 2.75) is 31.9 Å². The number of hydrogen-bond acceptors (Lipinski definition) is 4. The Bertz CT molecular complexity index is 444. The first-order valence-corrected chi connectivity index (χ1v) is 6.11. The van der Waals surface area contributed by atoms with Crippen molar-refractivity contribution in [3.63, 3.8) is 0 Å². The molecule has 0 unspecified atom stereocenters. The van der Waals surface area contributed by atoms with Gasteiger partial charge in [-0.1, -0.05) is 35.4 Å². The van der Waals surface area contributed by atoms with Crippen molar-refractivity contribution in [2.24, 2.45) is 5.11 Å². The van der Waals surface area contributed by atoms with Crippen LogP contribution in [0.1, 0.15) is 18.9 Å². The summed E-state index contributed by atoms with van der Waals surface area (Å²) in [6, 6.07) is 8.38. The molecule has 6 heteroatoms. The maximum Gasteiger partial charge on any atom is 0.317 e. The molecule has 0 amide bonds. The fourth-order valence-corrected chi connectivity index (χ4v) is 1.68. The molecular weight excluding hydrogens is 246 g/mol. The van der Waals surface area contributed by atoms with E-state index < -0.39 is 18.1 Å². The van der Waals surface area contributed by atoms with Crippen LogP contribution < -0.4 is 0 Å². The van der Waals surface area contributed by atoms with Crippen LogP contribution >= 0.6 is 0 Å². The number of benzene rings is 1. The van der Waals surface area contributed by atoms with E-state index in [4.69, 9.17) is 10.3 Å². The number of esters is 1. The molecule has 6 nitrogen and oxygen atoms in total. The Morgan fingerprint density at radius 1 is 1.47 bits per heavy atom. The van der Waals surface area contributed by atoms with Gasteiger partial charge in [-0.2, -0.15) is 0 Å². The molecule has 1 N–H and O–H groups in total. The monoisotopic (exact) mass is 263 g/mol. The van der Waals surface area contributed by atoms with Crippen LogP contribution in [-0.4, -0.2) is 29.8 Å². The average molecular weight is 263 g/mol. The molecule has 19 heavy (non-hydrogen) atoms. The smallest absolute Gasteiger partial charge is 0.317 e. The van der Waals surface area contributed by atoms with E-state index in [0.29, 0.717) is 12.8 Å². The van der Waals surface area contributed by atoms with Gasteiger partial charge in [-0.15, -0.1) is 0 Å². The number of azide groups is 1. The Morgan fingerprint density at radius 2 is 2.16 bits per heavy atom. The fourth-order valence-electron chi connectivity index (χ4n) is 1.68. The van der Waals surface area contributed by atoms with Crippen LogP contribution in [0.25, 0.3) is 10.4 Å². The number of carbonyl (C=O) groups is 1. The second-order valence-corrected chi connectivity index (χ2v) is 3.99. The molecule has 0 aliphatic heterocycles. The second kappa shape index (κ2) is 8.13. The topological polar surface area (TPSA) is 95.3 Å². The summed E-state index contributed by atoms with van der Waals surface area (Å²) in [7, 11) is 0. The van der Waals surface area contributed by atoms with E-state index in [-0.39, 0.29) is 6.61 Å². The molecule has 102 valence electrons. The third-order valence-electron chi connectivity index (χ3n) is 2.64. The van der Waals surface area contributed by atoms with Gasteiger partial charge in [0.1, 0.15) is 0 Å². The lowest BCUT2D eigenvalue weighted by Gasteiger charge is -2.16. The van der Waals surface area contributed by atoms with Crippen molar-refractivity contribution in [1.29, 1.82) is 0 Å². The highest BCUT2D eigenvalue weighted by Gasteiger charge is 2.26.